The van der Waals surface area contributed by atoms with E-state index in [9.17, 15) is 14.9 Å². The molecule has 0 atom stereocenters. The SMILES string of the molecule is O=C(O)Oc1ccc([N+](=O)[O-])cc1. The number of hydrogen-bond donors (Lipinski definition) is 1. The van der Waals surface area contributed by atoms with Crippen LogP contribution in [-0.2, 0) is 0 Å². The summed E-state index contributed by atoms with van der Waals surface area (Å²) in [5.41, 5.74) is -0.113. The summed E-state index contributed by atoms with van der Waals surface area (Å²) >= 11 is 0. The predicted octanol–water partition coefficient (Wildman–Crippen LogP) is 1.65. The molecule has 0 aromatic heterocycles. The Balaban J connectivity index is 2.81. The second-order valence-corrected chi connectivity index (χ2v) is 2.12. The maximum atomic E-state index is 10.2. The van der Waals surface area contributed by atoms with E-state index in [1.807, 2.05) is 0 Å². The molecule has 0 bridgehead atoms. The summed E-state index contributed by atoms with van der Waals surface area (Å²) in [6.07, 6.45) is -1.45. The first-order chi connectivity index (χ1) is 6.09. The second kappa shape index (κ2) is 3.53. The Morgan fingerprint density at radius 2 is 1.92 bits per heavy atom. The van der Waals surface area contributed by atoms with Crippen LogP contribution in [0.2, 0.25) is 0 Å². The molecule has 13 heavy (non-hydrogen) atoms. The Labute approximate surface area is 72.5 Å². The summed E-state index contributed by atoms with van der Waals surface area (Å²) in [6.45, 7) is 0. The molecule has 1 aromatic rings. The van der Waals surface area contributed by atoms with E-state index in [4.69, 9.17) is 5.11 Å². The lowest BCUT2D eigenvalue weighted by Gasteiger charge is -1.97. The molecule has 1 N–H and O–H groups in total. The molecule has 0 aliphatic heterocycles. The van der Waals surface area contributed by atoms with Crippen molar-refractivity contribution in [2.45, 2.75) is 0 Å². The van der Waals surface area contributed by atoms with Crippen LogP contribution < -0.4 is 4.74 Å². The van der Waals surface area contributed by atoms with E-state index in [0.717, 1.165) is 12.1 Å². The van der Waals surface area contributed by atoms with E-state index >= 15 is 0 Å². The molecule has 0 aliphatic rings. The Morgan fingerprint density at radius 3 is 2.31 bits per heavy atom. The number of carbonyl (C=O) groups is 1. The molecule has 6 heteroatoms. The highest BCUT2D eigenvalue weighted by atomic mass is 16.7. The van der Waals surface area contributed by atoms with Crippen molar-refractivity contribution in [2.75, 3.05) is 0 Å². The molecule has 1 aromatic carbocycles. The van der Waals surface area contributed by atoms with Crippen LogP contribution in [0.15, 0.2) is 24.3 Å². The third-order valence-electron chi connectivity index (χ3n) is 1.25. The van der Waals surface area contributed by atoms with E-state index in [1.54, 1.807) is 0 Å². The smallest absolute Gasteiger partial charge is 0.449 e. The zero-order chi connectivity index (χ0) is 9.84. The number of nitro benzene ring substituents is 1. The summed E-state index contributed by atoms with van der Waals surface area (Å²) in [5.74, 6) is 0.0538. The summed E-state index contributed by atoms with van der Waals surface area (Å²) in [5, 5.41) is 18.4. The van der Waals surface area contributed by atoms with E-state index in [0.29, 0.717) is 0 Å². The molecule has 6 nitrogen and oxygen atoms in total. The quantitative estimate of drug-likeness (QED) is 0.326. The van der Waals surface area contributed by atoms with Gasteiger partial charge in [0.1, 0.15) is 5.75 Å². The van der Waals surface area contributed by atoms with Gasteiger partial charge in [-0.15, -0.1) is 0 Å². The van der Waals surface area contributed by atoms with Crippen LogP contribution in [-0.4, -0.2) is 16.2 Å². The highest BCUT2D eigenvalue weighted by molar-refractivity contribution is 5.61. The Morgan fingerprint density at radius 1 is 1.38 bits per heavy atom. The van der Waals surface area contributed by atoms with Gasteiger partial charge in [-0.3, -0.25) is 10.1 Å². The third-order valence-corrected chi connectivity index (χ3v) is 1.25. The summed E-state index contributed by atoms with van der Waals surface area (Å²) < 4.78 is 4.24. The number of carboxylic acid groups (broad SMARTS) is 1. The van der Waals surface area contributed by atoms with Crippen molar-refractivity contribution in [1.29, 1.82) is 0 Å². The van der Waals surface area contributed by atoms with Crippen molar-refractivity contribution in [3.05, 3.63) is 34.4 Å². The second-order valence-electron chi connectivity index (χ2n) is 2.12. The van der Waals surface area contributed by atoms with Gasteiger partial charge in [0.15, 0.2) is 0 Å². The monoisotopic (exact) mass is 183 g/mol. The minimum absolute atomic E-state index is 0.0538. The molecule has 0 saturated heterocycles. The number of non-ortho nitro benzene ring substituents is 1. The fourth-order valence-corrected chi connectivity index (χ4v) is 0.737. The molecule has 68 valence electrons. The summed E-state index contributed by atoms with van der Waals surface area (Å²) in [6, 6.07) is 4.76. The molecule has 0 saturated carbocycles. The lowest BCUT2D eigenvalue weighted by molar-refractivity contribution is -0.384. The van der Waals surface area contributed by atoms with Gasteiger partial charge in [0, 0.05) is 12.1 Å². The fourth-order valence-electron chi connectivity index (χ4n) is 0.737. The molecule has 0 unspecified atom stereocenters. The molecular formula is C7H5NO5. The van der Waals surface area contributed by atoms with Gasteiger partial charge in [-0.05, 0) is 12.1 Å². The van der Waals surface area contributed by atoms with Gasteiger partial charge in [0.25, 0.3) is 5.69 Å². The summed E-state index contributed by atoms with van der Waals surface area (Å²) in [7, 11) is 0. The zero-order valence-electron chi connectivity index (χ0n) is 6.34. The standard InChI is InChI=1S/C7H5NO5/c9-7(10)13-6-3-1-5(2-4-6)8(11)12/h1-4H,(H,9,10). The van der Waals surface area contributed by atoms with E-state index in [2.05, 4.69) is 4.74 Å². The number of hydrogen-bond acceptors (Lipinski definition) is 4. The minimum atomic E-state index is -1.45. The van der Waals surface area contributed by atoms with Crippen molar-refractivity contribution in [1.82, 2.24) is 0 Å². The van der Waals surface area contributed by atoms with Crippen molar-refractivity contribution < 1.29 is 19.6 Å². The average molecular weight is 183 g/mol. The lowest BCUT2D eigenvalue weighted by Crippen LogP contribution is -2.02. The first-order valence-electron chi connectivity index (χ1n) is 3.25. The first-order valence-corrected chi connectivity index (χ1v) is 3.25. The molecule has 1 rings (SSSR count). The van der Waals surface area contributed by atoms with Crippen LogP contribution in [0.25, 0.3) is 0 Å². The van der Waals surface area contributed by atoms with Crippen molar-refractivity contribution in [3.8, 4) is 5.75 Å². The van der Waals surface area contributed by atoms with Crippen LogP contribution in [0.5, 0.6) is 5.75 Å². The van der Waals surface area contributed by atoms with Crippen LogP contribution >= 0.6 is 0 Å². The maximum absolute atomic E-state index is 10.2. The van der Waals surface area contributed by atoms with Crippen LogP contribution in [0.3, 0.4) is 0 Å². The molecular weight excluding hydrogens is 178 g/mol. The lowest BCUT2D eigenvalue weighted by atomic mass is 10.3. The van der Waals surface area contributed by atoms with Gasteiger partial charge < -0.3 is 9.84 Å². The molecule has 0 heterocycles. The molecule has 0 radical (unpaired) electrons. The molecule has 0 amide bonds. The number of benzene rings is 1. The van der Waals surface area contributed by atoms with Gasteiger partial charge in [0.05, 0.1) is 4.92 Å². The Kier molecular flexibility index (Phi) is 2.44. The number of ether oxygens (including phenoxy) is 1. The van der Waals surface area contributed by atoms with E-state index < -0.39 is 11.1 Å². The number of nitro groups is 1. The predicted molar refractivity (Wildman–Crippen MR) is 41.7 cm³/mol. The largest absolute Gasteiger partial charge is 0.511 e. The van der Waals surface area contributed by atoms with Crippen LogP contribution in [0.4, 0.5) is 10.5 Å². The minimum Gasteiger partial charge on any atom is -0.449 e. The number of nitrogens with zero attached hydrogens (tertiary/aromatic N) is 1. The van der Waals surface area contributed by atoms with E-state index in [1.165, 1.54) is 12.1 Å². The molecule has 0 aliphatic carbocycles. The van der Waals surface area contributed by atoms with Gasteiger partial charge in [-0.1, -0.05) is 0 Å². The Hall–Kier alpha value is -2.11. The summed E-state index contributed by atoms with van der Waals surface area (Å²) in [4.78, 5) is 19.6. The first kappa shape index (κ1) is 8.98. The Bertz CT molecular complexity index is 331. The van der Waals surface area contributed by atoms with Crippen LogP contribution in [0.1, 0.15) is 0 Å². The molecule has 0 spiro atoms. The zero-order valence-corrected chi connectivity index (χ0v) is 6.34. The number of rotatable bonds is 2. The molecule has 0 fully saturated rings. The van der Waals surface area contributed by atoms with Crippen molar-refractivity contribution in [2.24, 2.45) is 0 Å². The highest BCUT2D eigenvalue weighted by Gasteiger charge is 2.05. The fraction of sp³-hybridized carbons (Fsp3) is 0. The van der Waals surface area contributed by atoms with Crippen molar-refractivity contribution >= 4 is 11.8 Å². The average Bonchev–Trinajstić information content (AvgIpc) is 2.04. The van der Waals surface area contributed by atoms with Crippen LogP contribution in [0, 0.1) is 10.1 Å². The van der Waals surface area contributed by atoms with Gasteiger partial charge in [-0.25, -0.2) is 4.79 Å². The topological polar surface area (TPSA) is 89.7 Å². The van der Waals surface area contributed by atoms with Gasteiger partial charge in [0.2, 0.25) is 0 Å². The van der Waals surface area contributed by atoms with Crippen molar-refractivity contribution in [3.63, 3.8) is 0 Å². The van der Waals surface area contributed by atoms with Gasteiger partial charge >= 0.3 is 6.16 Å². The highest BCUT2D eigenvalue weighted by Crippen LogP contribution is 2.17. The van der Waals surface area contributed by atoms with Gasteiger partial charge in [-0.2, -0.15) is 0 Å². The van der Waals surface area contributed by atoms with E-state index in [-0.39, 0.29) is 11.4 Å². The normalized spacial score (nSPS) is 9.23. The third kappa shape index (κ3) is 2.44. The maximum Gasteiger partial charge on any atom is 0.511 e.